The highest BCUT2D eigenvalue weighted by atomic mass is 19.1. The molecule has 0 atom stereocenters. The van der Waals surface area contributed by atoms with Gasteiger partial charge in [0.15, 0.2) is 0 Å². The molecule has 0 radical (unpaired) electrons. The molecule has 0 heterocycles. The number of terminal acetylenes is 1. The summed E-state index contributed by atoms with van der Waals surface area (Å²) in [6.45, 7) is 3.77. The summed E-state index contributed by atoms with van der Waals surface area (Å²) in [4.78, 5) is 10.9. The molecule has 0 N–H and O–H groups in total. The van der Waals surface area contributed by atoms with Gasteiger partial charge in [0.1, 0.15) is 5.82 Å². The van der Waals surface area contributed by atoms with Crippen LogP contribution in [-0.4, -0.2) is 12.6 Å². The Kier molecular flexibility index (Phi) is 81.8. The van der Waals surface area contributed by atoms with Gasteiger partial charge >= 0.3 is 5.97 Å². The third-order valence-corrected chi connectivity index (χ3v) is 9.27. The van der Waals surface area contributed by atoms with Crippen LogP contribution in [0.3, 0.4) is 0 Å². The molecular weight excluding hydrogens is 1680 g/mol. The third-order valence-electron chi connectivity index (χ3n) is 9.27. The van der Waals surface area contributed by atoms with Crippen molar-refractivity contribution < 1.29 is 13.9 Å². The Morgan fingerprint density at radius 3 is 0.388 bits per heavy atom. The van der Waals surface area contributed by atoms with E-state index in [0.29, 0.717) is 6.61 Å². The molecule has 0 amide bonds. The summed E-state index contributed by atoms with van der Waals surface area (Å²) in [5, 5.41) is 0. The van der Waals surface area contributed by atoms with Crippen LogP contribution in [0.25, 0.3) is 6.08 Å². The largest absolute Gasteiger partial charge is 0.463 e. The Balaban J connectivity index is 0.0000124. The molecule has 3 heteroatoms. The summed E-state index contributed by atoms with van der Waals surface area (Å²) < 4.78 is 17.2. The number of hydrogen-bond acceptors (Lipinski definition) is 2. The van der Waals surface area contributed by atoms with E-state index in [1.54, 1.807) is 32.1 Å². The molecule has 0 fully saturated rings. The molecule has 1 aromatic carbocycles. The Hall–Kier alpha value is -28.9. The Labute approximate surface area is 817 Å². The van der Waals surface area contributed by atoms with E-state index in [1.807, 2.05) is 0 Å². The van der Waals surface area contributed by atoms with E-state index in [0.717, 1.165) is 5.56 Å². The molecule has 139 heavy (non-hydrogen) atoms. The summed E-state index contributed by atoms with van der Waals surface area (Å²) in [5.74, 6) is 306. The molecule has 1 aromatic rings. The molecule has 0 saturated heterocycles. The molecular formula is C136H15FO2. The maximum atomic E-state index is 12.5. The molecule has 2 nitrogen and oxygen atoms in total. The first-order valence-electron chi connectivity index (χ1n) is 35.6. The van der Waals surface area contributed by atoms with E-state index in [4.69, 9.17) is 6.42 Å². The predicted octanol–water partition coefficient (Wildman–Crippen LogP) is 3.25. The van der Waals surface area contributed by atoms with E-state index >= 15 is 0 Å². The van der Waals surface area contributed by atoms with Crippen molar-refractivity contribution in [2.75, 3.05) is 6.61 Å². The van der Waals surface area contributed by atoms with Gasteiger partial charge in [-0.3, -0.25) is 0 Å². The highest BCUT2D eigenvalue weighted by molar-refractivity contribution is 5.87. The molecule has 0 aliphatic rings. The van der Waals surface area contributed by atoms with Gasteiger partial charge < -0.3 is 4.74 Å². The monoisotopic (exact) mass is 1700 g/mol. The molecule has 0 bridgehead atoms. The van der Waals surface area contributed by atoms with E-state index < -0.39 is 5.97 Å². The van der Waals surface area contributed by atoms with Crippen LogP contribution in [0, 0.1) is 740 Å². The Morgan fingerprint density at radius 2 is 0.295 bits per heavy atom. The first-order chi connectivity index (χ1) is 69.1. The van der Waals surface area contributed by atoms with Gasteiger partial charge in [-0.2, -0.15) is 0 Å². The molecule has 0 spiro atoms. The fourth-order valence-electron chi connectivity index (χ4n) is 4.75. The van der Waals surface area contributed by atoms with E-state index in [2.05, 4.69) is 733 Å². The van der Waals surface area contributed by atoms with E-state index in [9.17, 15) is 9.18 Å². The highest BCUT2D eigenvalue weighted by Gasteiger charge is 1.94. The number of benzene rings is 1. The highest BCUT2D eigenvalue weighted by Crippen LogP contribution is 2.04. The first kappa shape index (κ1) is 110. The van der Waals surface area contributed by atoms with Crippen LogP contribution >= 0.6 is 0 Å². The zero-order valence-electron chi connectivity index (χ0n) is 70.9. The van der Waals surface area contributed by atoms with Crippen LogP contribution < -0.4 is 0 Å². The molecule has 0 aliphatic heterocycles. The number of ether oxygens (including phenoxy) is 1. The van der Waals surface area contributed by atoms with Crippen LogP contribution in [0.4, 0.5) is 4.39 Å². The number of rotatable bonds is 3. The average Bonchev–Trinajstić information content (AvgIpc) is 0.924. The minimum Gasteiger partial charge on any atom is -0.463 e. The molecule has 0 aliphatic carbocycles. The lowest BCUT2D eigenvalue weighted by atomic mass is 10.2. The van der Waals surface area contributed by atoms with Crippen molar-refractivity contribution in [1.29, 1.82) is 0 Å². The minimum absolute atomic E-state index is 0.293. The molecule has 578 valence electrons. The smallest absolute Gasteiger partial charge is 0.330 e. The number of esters is 1. The Bertz CT molecular complexity index is 9470. The summed E-state index contributed by atoms with van der Waals surface area (Å²) in [5.41, 5.74) is 0.763. The maximum absolute atomic E-state index is 12.5. The summed E-state index contributed by atoms with van der Waals surface area (Å²) in [6, 6.07) is 5.85. The minimum atomic E-state index is -0.392. The standard InChI is InChI=1S/C125H4.C11H11FO2/c1-3-5-7-9-11-13-15-17-19-21-23-25-27-29-31-33-35-37-39-41-43-45-47-49-51-53-55-57-59-61-63-65-67-69-71-73-75-77-79-81-83-85-87-89-91-93-95-97-99-101-103-105-107-109-111-113-115-117-119-121-123-125-124-122-120-118-116-114-112-110-108-106-104-102-100-98-96-94-92-90-88-86-84-82-80-78-76-74-72-70-68-66-64-62-60-58-56-54-52-50-48-46-44-42-40-38-36-34-32-30-28-26-24-22-20-18-16-14-12-10-8-6-4-2;1-2-14-11(13)8-5-9-3-6-10(12)7-4-9/h1H,2H3;3-8H,2H2,1H3/b;8-5+. The van der Waals surface area contributed by atoms with Gasteiger partial charge in [-0.15, -0.1) is 6.42 Å². The second-order valence-electron chi connectivity index (χ2n) is 18.2. The molecule has 0 saturated carbocycles. The Morgan fingerprint density at radius 1 is 0.194 bits per heavy atom. The van der Waals surface area contributed by atoms with Crippen molar-refractivity contribution in [3.63, 3.8) is 0 Å². The van der Waals surface area contributed by atoms with Crippen LogP contribution in [0.15, 0.2) is 30.3 Å². The van der Waals surface area contributed by atoms with E-state index in [1.165, 1.54) is 18.2 Å². The fraction of sp³-hybridized carbons (Fsp3) is 0.0221. The molecule has 0 unspecified atom stereocenters. The second-order valence-corrected chi connectivity index (χ2v) is 18.2. The van der Waals surface area contributed by atoms with Gasteiger partial charge in [-0.25, -0.2) is 9.18 Å². The van der Waals surface area contributed by atoms with Gasteiger partial charge in [-0.05, 0) is 132 Å². The normalized spacial score (nSPS) is 4.62. The first-order valence-corrected chi connectivity index (χ1v) is 35.6. The van der Waals surface area contributed by atoms with Crippen molar-refractivity contribution in [2.45, 2.75) is 13.8 Å². The van der Waals surface area contributed by atoms with Gasteiger partial charge in [0.25, 0.3) is 0 Å². The van der Waals surface area contributed by atoms with Crippen LogP contribution in [0.2, 0.25) is 0 Å². The quantitative estimate of drug-likeness (QED) is 0.265. The zero-order chi connectivity index (χ0) is 99.4. The summed E-state index contributed by atoms with van der Waals surface area (Å²) >= 11 is 0. The second kappa shape index (κ2) is 103. The van der Waals surface area contributed by atoms with Crippen molar-refractivity contribution in [1.82, 2.24) is 0 Å². The van der Waals surface area contributed by atoms with Crippen molar-refractivity contribution in [3.05, 3.63) is 41.7 Å². The summed E-state index contributed by atoms with van der Waals surface area (Å²) in [7, 11) is 0. The topological polar surface area (TPSA) is 26.3 Å². The number of hydrogen-bond donors (Lipinski definition) is 0. The van der Waals surface area contributed by atoms with Crippen LogP contribution in [0.1, 0.15) is 19.4 Å². The van der Waals surface area contributed by atoms with Crippen molar-refractivity contribution in [2.24, 2.45) is 0 Å². The van der Waals surface area contributed by atoms with Crippen LogP contribution in [-0.2, 0) is 9.53 Å². The maximum Gasteiger partial charge on any atom is 0.330 e. The van der Waals surface area contributed by atoms with Gasteiger partial charge in [0.05, 0.1) is 6.61 Å². The number of halogens is 1. The summed E-state index contributed by atoms with van der Waals surface area (Å²) in [6.07, 6.45) is 7.85. The van der Waals surface area contributed by atoms with Gasteiger partial charge in [-0.1, -0.05) is 18.1 Å². The van der Waals surface area contributed by atoms with E-state index in [-0.39, 0.29) is 5.82 Å². The zero-order valence-corrected chi connectivity index (χ0v) is 70.9. The lowest BCUT2D eigenvalue weighted by Crippen LogP contribution is -1.98. The molecule has 0 aromatic heterocycles. The number of carbonyl (C=O) groups is 1. The van der Waals surface area contributed by atoms with Gasteiger partial charge in [0.2, 0.25) is 0 Å². The lowest BCUT2D eigenvalue weighted by molar-refractivity contribution is -0.137. The SMILES string of the molecule is C#CC#CC#CC#CC#CC#CC#CC#CC#CC#CC#CC#CC#CC#CC#CC#CC#CC#CC#CC#CC#CC#CC#CC#CC#CC#CC#CC#CC#CC#CC#CC#CC#CC#CC#CC#CC#CC#CC#CC#CC#CC#CC#CC#CC#CC#CC#CC#CC#CC#CC#CC#CC#CC#CC#CC#CC#CC#CC#CC#CC#CC#CC.CCOC(=O)/C=C/c1ccc(F)cc1. The van der Waals surface area contributed by atoms with Crippen molar-refractivity contribution in [3.8, 4) is 735 Å². The predicted molar refractivity (Wildman–Crippen MR) is 541 cm³/mol. The third kappa shape index (κ3) is 101. The fourth-order valence-corrected chi connectivity index (χ4v) is 4.75. The van der Waals surface area contributed by atoms with Gasteiger partial charge in [0, 0.05) is 634 Å². The lowest BCUT2D eigenvalue weighted by Gasteiger charge is -1.95. The molecule has 1 rings (SSSR count). The average molecular weight is 1700 g/mol. The van der Waals surface area contributed by atoms with Crippen molar-refractivity contribution >= 4 is 12.0 Å². The number of carbonyl (C=O) groups excluding carboxylic acids is 1. The van der Waals surface area contributed by atoms with Crippen LogP contribution in [0.5, 0.6) is 0 Å².